The number of hydrogen-bond donors (Lipinski definition) is 0. The van der Waals surface area contributed by atoms with Crippen molar-refractivity contribution in [1.82, 2.24) is 0 Å². The number of methoxy groups -OCH3 is 1. The normalized spacial score (nSPS) is 10.6. The molecule has 0 aliphatic carbocycles. The van der Waals surface area contributed by atoms with E-state index in [1.165, 1.54) is 11.6 Å². The highest BCUT2D eigenvalue weighted by Crippen LogP contribution is 2.28. The van der Waals surface area contributed by atoms with Crippen molar-refractivity contribution in [2.75, 3.05) is 13.7 Å². The van der Waals surface area contributed by atoms with E-state index >= 15 is 0 Å². The summed E-state index contributed by atoms with van der Waals surface area (Å²) in [5.74, 6) is 1.04. The smallest absolute Gasteiger partial charge is 0.185 e. The number of ketones is 1. The summed E-state index contributed by atoms with van der Waals surface area (Å²) in [6, 6.07) is 12.4. The summed E-state index contributed by atoms with van der Waals surface area (Å²) in [7, 11) is 1.56. The fraction of sp³-hybridized carbons (Fsp3) is 0.190. The van der Waals surface area contributed by atoms with Gasteiger partial charge in [-0.3, -0.25) is 4.79 Å². The molecule has 2 aromatic rings. The number of carbonyl (C=O) groups excluding carboxylic acids is 1. The van der Waals surface area contributed by atoms with Gasteiger partial charge in [-0.1, -0.05) is 35.4 Å². The van der Waals surface area contributed by atoms with E-state index in [1.807, 2.05) is 32.1 Å². The first kappa shape index (κ1) is 18.8. The molecule has 4 heteroatoms. The molecule has 0 radical (unpaired) electrons. The number of hydrogen-bond acceptors (Lipinski definition) is 3. The topological polar surface area (TPSA) is 35.5 Å². The Bertz CT molecular complexity index is 785. The lowest BCUT2D eigenvalue weighted by Gasteiger charge is -2.10. The molecule has 0 heterocycles. The van der Waals surface area contributed by atoms with Crippen molar-refractivity contribution in [3.05, 3.63) is 76.3 Å². The van der Waals surface area contributed by atoms with Crippen molar-refractivity contribution in [2.24, 2.45) is 0 Å². The maximum Gasteiger partial charge on any atom is 0.185 e. The number of carbonyl (C=O) groups is 1. The third kappa shape index (κ3) is 5.80. The van der Waals surface area contributed by atoms with E-state index in [4.69, 9.17) is 21.1 Å². The van der Waals surface area contributed by atoms with E-state index in [0.717, 1.165) is 5.56 Å². The summed E-state index contributed by atoms with van der Waals surface area (Å²) >= 11 is 5.85. The number of rotatable bonds is 7. The molecule has 25 heavy (non-hydrogen) atoms. The minimum Gasteiger partial charge on any atom is -0.493 e. The van der Waals surface area contributed by atoms with Crippen LogP contribution in [0.5, 0.6) is 11.5 Å². The van der Waals surface area contributed by atoms with Gasteiger partial charge in [0, 0.05) is 10.6 Å². The predicted octanol–water partition coefficient (Wildman–Crippen LogP) is 5.59. The molecule has 0 aliphatic heterocycles. The Labute approximate surface area is 153 Å². The van der Waals surface area contributed by atoms with Crippen molar-refractivity contribution < 1.29 is 14.3 Å². The second-order valence-corrected chi connectivity index (χ2v) is 6.14. The van der Waals surface area contributed by atoms with Crippen molar-refractivity contribution in [1.29, 1.82) is 0 Å². The molecular weight excluding hydrogens is 336 g/mol. The first-order valence-corrected chi connectivity index (χ1v) is 8.29. The first-order valence-electron chi connectivity index (χ1n) is 7.92. The van der Waals surface area contributed by atoms with Crippen molar-refractivity contribution in [2.45, 2.75) is 13.8 Å². The van der Waals surface area contributed by atoms with Gasteiger partial charge in [0.2, 0.25) is 0 Å². The minimum atomic E-state index is -0.107. The van der Waals surface area contributed by atoms with Gasteiger partial charge < -0.3 is 9.47 Å². The molecule has 0 N–H and O–H groups in total. The molecule has 0 saturated heterocycles. The average Bonchev–Trinajstić information content (AvgIpc) is 2.60. The van der Waals surface area contributed by atoms with Gasteiger partial charge >= 0.3 is 0 Å². The predicted molar refractivity (Wildman–Crippen MR) is 103 cm³/mol. The number of halogens is 1. The summed E-state index contributed by atoms with van der Waals surface area (Å²) < 4.78 is 11.0. The molecule has 2 aromatic carbocycles. The summed E-state index contributed by atoms with van der Waals surface area (Å²) in [6.45, 7) is 4.48. The molecule has 3 nitrogen and oxygen atoms in total. The number of benzene rings is 2. The van der Waals surface area contributed by atoms with Crippen LogP contribution in [0.1, 0.15) is 29.8 Å². The Morgan fingerprint density at radius 2 is 1.80 bits per heavy atom. The monoisotopic (exact) mass is 356 g/mol. The molecular formula is C21H21ClO3. The van der Waals surface area contributed by atoms with Crippen LogP contribution in [0.3, 0.4) is 0 Å². The Hall–Kier alpha value is -2.52. The highest BCUT2D eigenvalue weighted by Gasteiger charge is 2.09. The molecule has 0 aliphatic rings. The van der Waals surface area contributed by atoms with Crippen LogP contribution in [0.15, 0.2) is 60.2 Å². The molecule has 0 fully saturated rings. The van der Waals surface area contributed by atoms with Gasteiger partial charge in [-0.15, -0.1) is 0 Å². The van der Waals surface area contributed by atoms with Gasteiger partial charge in [0.1, 0.15) is 6.61 Å². The zero-order chi connectivity index (χ0) is 18.2. The first-order chi connectivity index (χ1) is 12.0. The van der Waals surface area contributed by atoms with Crippen molar-refractivity contribution in [3.8, 4) is 11.5 Å². The highest BCUT2D eigenvalue weighted by atomic mass is 35.5. The van der Waals surface area contributed by atoms with Crippen LogP contribution in [-0.4, -0.2) is 19.5 Å². The summed E-state index contributed by atoms with van der Waals surface area (Å²) in [4.78, 5) is 12.3. The fourth-order valence-electron chi connectivity index (χ4n) is 2.08. The Morgan fingerprint density at radius 1 is 1.08 bits per heavy atom. The molecule has 0 saturated carbocycles. The maximum atomic E-state index is 12.3. The van der Waals surface area contributed by atoms with Crippen LogP contribution in [0.4, 0.5) is 0 Å². The van der Waals surface area contributed by atoms with E-state index in [0.29, 0.717) is 28.7 Å². The molecule has 0 unspecified atom stereocenters. The van der Waals surface area contributed by atoms with E-state index in [-0.39, 0.29) is 5.78 Å². The second kappa shape index (κ2) is 9.09. The third-order valence-electron chi connectivity index (χ3n) is 3.48. The standard InChI is InChI=1S/C21H21ClO3/c1-15(2)12-13-25-20-11-7-17(14-21(20)24-3)19(23)10-6-16-4-8-18(22)9-5-16/h4-12,14H,13H2,1-3H3/b10-6+. The molecule has 0 spiro atoms. The van der Waals surface area contributed by atoms with Gasteiger partial charge in [-0.25, -0.2) is 0 Å². The second-order valence-electron chi connectivity index (χ2n) is 5.71. The van der Waals surface area contributed by atoms with Crippen LogP contribution < -0.4 is 9.47 Å². The average molecular weight is 357 g/mol. The van der Waals surface area contributed by atoms with Gasteiger partial charge in [-0.05, 0) is 61.9 Å². The molecule has 0 amide bonds. The molecule has 0 atom stereocenters. The van der Waals surface area contributed by atoms with Gasteiger partial charge in [0.15, 0.2) is 17.3 Å². The van der Waals surface area contributed by atoms with Crippen molar-refractivity contribution >= 4 is 23.5 Å². The van der Waals surface area contributed by atoms with Crippen LogP contribution in [-0.2, 0) is 0 Å². The third-order valence-corrected chi connectivity index (χ3v) is 3.73. The lowest BCUT2D eigenvalue weighted by molar-refractivity contribution is 0.104. The summed E-state index contributed by atoms with van der Waals surface area (Å²) in [5.41, 5.74) is 2.63. The zero-order valence-electron chi connectivity index (χ0n) is 14.6. The Morgan fingerprint density at radius 3 is 2.44 bits per heavy atom. The van der Waals surface area contributed by atoms with E-state index < -0.39 is 0 Å². The van der Waals surface area contributed by atoms with E-state index in [1.54, 1.807) is 43.5 Å². The molecule has 0 bridgehead atoms. The quantitative estimate of drug-likeness (QED) is 0.368. The lowest BCUT2D eigenvalue weighted by atomic mass is 10.1. The molecule has 2 rings (SSSR count). The maximum absolute atomic E-state index is 12.3. The van der Waals surface area contributed by atoms with Crippen molar-refractivity contribution in [3.63, 3.8) is 0 Å². The molecule has 0 aromatic heterocycles. The Balaban J connectivity index is 2.11. The van der Waals surface area contributed by atoms with Gasteiger partial charge in [-0.2, -0.15) is 0 Å². The van der Waals surface area contributed by atoms with E-state index in [2.05, 4.69) is 0 Å². The largest absolute Gasteiger partial charge is 0.493 e. The zero-order valence-corrected chi connectivity index (χ0v) is 15.3. The molecule has 130 valence electrons. The van der Waals surface area contributed by atoms with Crippen LogP contribution in [0.25, 0.3) is 6.08 Å². The Kier molecular flexibility index (Phi) is 6.84. The number of allylic oxidation sites excluding steroid dienone is 2. The number of ether oxygens (including phenoxy) is 2. The summed E-state index contributed by atoms with van der Waals surface area (Å²) in [6.07, 6.45) is 5.26. The van der Waals surface area contributed by atoms with E-state index in [9.17, 15) is 4.79 Å². The lowest BCUT2D eigenvalue weighted by Crippen LogP contribution is -2.00. The van der Waals surface area contributed by atoms with Crippen LogP contribution in [0.2, 0.25) is 5.02 Å². The van der Waals surface area contributed by atoms with Gasteiger partial charge in [0.25, 0.3) is 0 Å². The van der Waals surface area contributed by atoms with Gasteiger partial charge in [0.05, 0.1) is 7.11 Å². The SMILES string of the molecule is COc1cc(C(=O)/C=C/c2ccc(Cl)cc2)ccc1OCC=C(C)C. The van der Waals surface area contributed by atoms with Crippen LogP contribution in [0, 0.1) is 0 Å². The summed E-state index contributed by atoms with van der Waals surface area (Å²) in [5, 5.41) is 0.664. The fourth-order valence-corrected chi connectivity index (χ4v) is 2.21. The van der Waals surface area contributed by atoms with Crippen LogP contribution >= 0.6 is 11.6 Å². The highest BCUT2D eigenvalue weighted by molar-refractivity contribution is 6.30. The minimum absolute atomic E-state index is 0.107.